The molecule has 1 saturated heterocycles. The lowest BCUT2D eigenvalue weighted by molar-refractivity contribution is 0.122. The summed E-state index contributed by atoms with van der Waals surface area (Å²) in [5.41, 5.74) is 6.38. The maximum Gasteiger partial charge on any atom is 0.0642 e. The Labute approximate surface area is 148 Å². The fourth-order valence-corrected chi connectivity index (χ4v) is 3.34. The Bertz CT molecular complexity index is 812. The summed E-state index contributed by atoms with van der Waals surface area (Å²) < 4.78 is 5.54. The highest BCUT2D eigenvalue weighted by Crippen LogP contribution is 2.30. The van der Waals surface area contributed by atoms with Crippen LogP contribution in [-0.4, -0.2) is 31.3 Å². The highest BCUT2D eigenvalue weighted by molar-refractivity contribution is 5.70. The van der Waals surface area contributed by atoms with Crippen LogP contribution in [0.2, 0.25) is 0 Å². The predicted octanol–water partition coefficient (Wildman–Crippen LogP) is 4.18. The second kappa shape index (κ2) is 7.49. The highest BCUT2D eigenvalue weighted by atomic mass is 16.5. The molecule has 1 aliphatic rings. The second-order valence-electron chi connectivity index (χ2n) is 6.35. The number of anilines is 1. The van der Waals surface area contributed by atoms with Crippen LogP contribution in [0.3, 0.4) is 0 Å². The molecule has 0 N–H and O–H groups in total. The first-order valence-electron chi connectivity index (χ1n) is 8.80. The first-order chi connectivity index (χ1) is 12.4. The van der Waals surface area contributed by atoms with Gasteiger partial charge in [-0.3, -0.25) is 4.98 Å². The Morgan fingerprint density at radius 3 is 2.48 bits per heavy atom. The minimum atomic E-state index is 0.794. The number of hydrogen-bond donors (Lipinski definition) is 0. The van der Waals surface area contributed by atoms with Crippen molar-refractivity contribution in [2.75, 3.05) is 31.2 Å². The summed E-state index contributed by atoms with van der Waals surface area (Å²) in [7, 11) is 0. The van der Waals surface area contributed by atoms with Crippen molar-refractivity contribution in [1.82, 2.24) is 4.98 Å². The van der Waals surface area contributed by atoms with Crippen LogP contribution >= 0.6 is 0 Å². The van der Waals surface area contributed by atoms with E-state index >= 15 is 0 Å². The van der Waals surface area contributed by atoms with Gasteiger partial charge in [-0.1, -0.05) is 48.5 Å². The molecule has 2 aromatic carbocycles. The SMILES string of the molecule is c1ccc(Cc2ccc(-c3cccnc3)cc2N2CCOCC2)cc1. The lowest BCUT2D eigenvalue weighted by Gasteiger charge is -2.31. The van der Waals surface area contributed by atoms with Gasteiger partial charge < -0.3 is 9.64 Å². The van der Waals surface area contributed by atoms with E-state index in [4.69, 9.17) is 4.74 Å². The van der Waals surface area contributed by atoms with Crippen LogP contribution in [0, 0.1) is 0 Å². The monoisotopic (exact) mass is 330 g/mol. The van der Waals surface area contributed by atoms with Crippen LogP contribution in [-0.2, 0) is 11.2 Å². The molecule has 1 fully saturated rings. The van der Waals surface area contributed by atoms with E-state index in [1.807, 2.05) is 18.5 Å². The summed E-state index contributed by atoms with van der Waals surface area (Å²) in [4.78, 5) is 6.71. The number of pyridine rings is 1. The zero-order valence-corrected chi connectivity index (χ0v) is 14.3. The third kappa shape index (κ3) is 3.72. The van der Waals surface area contributed by atoms with E-state index in [0.29, 0.717) is 0 Å². The fraction of sp³-hybridized carbons (Fsp3) is 0.227. The van der Waals surface area contributed by atoms with Gasteiger partial charge in [-0.25, -0.2) is 0 Å². The van der Waals surface area contributed by atoms with Crippen molar-refractivity contribution >= 4 is 5.69 Å². The van der Waals surface area contributed by atoms with Crippen molar-refractivity contribution in [3.05, 3.63) is 84.2 Å². The lowest BCUT2D eigenvalue weighted by atomic mass is 9.98. The third-order valence-electron chi connectivity index (χ3n) is 4.67. The summed E-state index contributed by atoms with van der Waals surface area (Å²) in [6.45, 7) is 3.47. The number of rotatable bonds is 4. The molecule has 0 saturated carbocycles. The molecule has 0 radical (unpaired) electrons. The second-order valence-corrected chi connectivity index (χ2v) is 6.35. The van der Waals surface area contributed by atoms with Gasteiger partial charge in [-0.05, 0) is 35.2 Å². The van der Waals surface area contributed by atoms with Gasteiger partial charge in [0.05, 0.1) is 13.2 Å². The van der Waals surface area contributed by atoms with E-state index in [0.717, 1.165) is 38.3 Å². The quantitative estimate of drug-likeness (QED) is 0.718. The zero-order valence-electron chi connectivity index (χ0n) is 14.3. The van der Waals surface area contributed by atoms with Gasteiger partial charge in [0.1, 0.15) is 0 Å². The number of benzene rings is 2. The van der Waals surface area contributed by atoms with E-state index in [1.165, 1.54) is 22.4 Å². The van der Waals surface area contributed by atoms with Crippen LogP contribution in [0.15, 0.2) is 73.1 Å². The number of ether oxygens (including phenoxy) is 1. The minimum Gasteiger partial charge on any atom is -0.378 e. The normalized spacial score (nSPS) is 14.5. The first kappa shape index (κ1) is 15.9. The van der Waals surface area contributed by atoms with Crippen LogP contribution in [0.25, 0.3) is 11.1 Å². The van der Waals surface area contributed by atoms with Crippen LogP contribution in [0.4, 0.5) is 5.69 Å². The van der Waals surface area contributed by atoms with Gasteiger partial charge in [0.15, 0.2) is 0 Å². The van der Waals surface area contributed by atoms with E-state index in [-0.39, 0.29) is 0 Å². The van der Waals surface area contributed by atoms with Crippen LogP contribution in [0.5, 0.6) is 0 Å². The molecule has 1 aromatic heterocycles. The Morgan fingerprint density at radius 2 is 1.72 bits per heavy atom. The van der Waals surface area contributed by atoms with Crippen molar-refractivity contribution in [3.8, 4) is 11.1 Å². The van der Waals surface area contributed by atoms with Gasteiger partial charge in [0.2, 0.25) is 0 Å². The van der Waals surface area contributed by atoms with Crippen molar-refractivity contribution in [2.24, 2.45) is 0 Å². The van der Waals surface area contributed by atoms with Gasteiger partial charge in [0.25, 0.3) is 0 Å². The van der Waals surface area contributed by atoms with Crippen molar-refractivity contribution in [3.63, 3.8) is 0 Å². The Balaban J connectivity index is 1.72. The maximum atomic E-state index is 5.54. The molecule has 3 heteroatoms. The minimum absolute atomic E-state index is 0.794. The molecule has 4 rings (SSSR count). The topological polar surface area (TPSA) is 25.4 Å². The largest absolute Gasteiger partial charge is 0.378 e. The summed E-state index contributed by atoms with van der Waals surface area (Å²) in [5, 5.41) is 0. The smallest absolute Gasteiger partial charge is 0.0642 e. The molecule has 126 valence electrons. The summed E-state index contributed by atoms with van der Waals surface area (Å²) in [6, 6.07) is 21.5. The van der Waals surface area contributed by atoms with Crippen LogP contribution in [0.1, 0.15) is 11.1 Å². The molecule has 0 amide bonds. The maximum absolute atomic E-state index is 5.54. The predicted molar refractivity (Wildman–Crippen MR) is 102 cm³/mol. The summed E-state index contributed by atoms with van der Waals surface area (Å²) in [6.07, 6.45) is 4.69. The molecule has 0 spiro atoms. The summed E-state index contributed by atoms with van der Waals surface area (Å²) >= 11 is 0. The Hall–Kier alpha value is -2.65. The van der Waals surface area contributed by atoms with E-state index in [1.54, 1.807) is 0 Å². The molecule has 1 aliphatic heterocycles. The number of hydrogen-bond acceptors (Lipinski definition) is 3. The molecule has 0 bridgehead atoms. The van der Waals surface area contributed by atoms with Gasteiger partial charge in [0, 0.05) is 36.7 Å². The molecule has 0 atom stereocenters. The van der Waals surface area contributed by atoms with E-state index in [2.05, 4.69) is 64.5 Å². The van der Waals surface area contributed by atoms with Crippen LogP contribution < -0.4 is 4.90 Å². The number of aromatic nitrogens is 1. The first-order valence-corrected chi connectivity index (χ1v) is 8.80. The fourth-order valence-electron chi connectivity index (χ4n) is 3.34. The molecular formula is C22H22N2O. The highest BCUT2D eigenvalue weighted by Gasteiger charge is 2.16. The molecule has 25 heavy (non-hydrogen) atoms. The van der Waals surface area contributed by atoms with Gasteiger partial charge in [-0.2, -0.15) is 0 Å². The molecule has 3 nitrogen and oxygen atoms in total. The molecular weight excluding hydrogens is 308 g/mol. The average molecular weight is 330 g/mol. The third-order valence-corrected chi connectivity index (χ3v) is 4.67. The van der Waals surface area contributed by atoms with E-state index in [9.17, 15) is 0 Å². The molecule has 0 aliphatic carbocycles. The lowest BCUT2D eigenvalue weighted by Crippen LogP contribution is -2.36. The van der Waals surface area contributed by atoms with Crippen molar-refractivity contribution in [1.29, 1.82) is 0 Å². The zero-order chi connectivity index (χ0) is 16.9. The molecule has 0 unspecified atom stereocenters. The van der Waals surface area contributed by atoms with E-state index < -0.39 is 0 Å². The van der Waals surface area contributed by atoms with Gasteiger partial charge in [-0.15, -0.1) is 0 Å². The summed E-state index contributed by atoms with van der Waals surface area (Å²) in [5.74, 6) is 0. The standard InChI is InChI=1S/C22H22N2O/c1-2-5-18(6-3-1)15-20-9-8-19(21-7-4-10-23-17-21)16-22(20)24-11-13-25-14-12-24/h1-10,16-17H,11-15H2. The van der Waals surface area contributed by atoms with Crippen molar-refractivity contribution < 1.29 is 4.74 Å². The molecule has 2 heterocycles. The van der Waals surface area contributed by atoms with Gasteiger partial charge >= 0.3 is 0 Å². The molecule has 3 aromatic rings. The average Bonchev–Trinajstić information content (AvgIpc) is 2.70. The van der Waals surface area contributed by atoms with Crippen molar-refractivity contribution in [2.45, 2.75) is 6.42 Å². The number of nitrogens with zero attached hydrogens (tertiary/aromatic N) is 2. The Kier molecular flexibility index (Phi) is 4.75. The number of morpholine rings is 1. The Morgan fingerprint density at radius 1 is 0.880 bits per heavy atom.